The fraction of sp³-hybridized carbons (Fsp3) is 0.133. The number of carbonyl (C=O) groups is 1. The lowest BCUT2D eigenvalue weighted by atomic mass is 10.0. The minimum atomic E-state index is -1.05. The number of aromatic nitrogens is 3. The zero-order valence-corrected chi connectivity index (χ0v) is 11.2. The Morgan fingerprint density at radius 2 is 2.00 bits per heavy atom. The molecule has 2 heterocycles. The van der Waals surface area contributed by atoms with E-state index in [1.165, 1.54) is 6.07 Å². The van der Waals surface area contributed by atoms with Crippen molar-refractivity contribution in [2.24, 2.45) is 0 Å². The predicted octanol–water partition coefficient (Wildman–Crippen LogP) is 2.71. The van der Waals surface area contributed by atoms with Crippen molar-refractivity contribution in [3.63, 3.8) is 0 Å². The first-order valence-corrected chi connectivity index (χ1v) is 6.22. The molecular formula is C15H13N3O2. The molecule has 3 aromatic rings. The first kappa shape index (κ1) is 12.3. The van der Waals surface area contributed by atoms with E-state index in [2.05, 4.69) is 16.1 Å². The molecule has 0 bridgehead atoms. The second-order valence-corrected chi connectivity index (χ2v) is 4.75. The van der Waals surface area contributed by atoms with E-state index in [0.717, 1.165) is 22.4 Å². The molecule has 0 unspecified atom stereocenters. The highest BCUT2D eigenvalue weighted by molar-refractivity contribution is 5.87. The van der Waals surface area contributed by atoms with Crippen molar-refractivity contribution in [1.29, 1.82) is 0 Å². The molecule has 0 aliphatic rings. The Balaban J connectivity index is 2.30. The number of rotatable bonds is 2. The van der Waals surface area contributed by atoms with Gasteiger partial charge in [0, 0.05) is 17.8 Å². The van der Waals surface area contributed by atoms with Crippen molar-refractivity contribution < 1.29 is 9.90 Å². The van der Waals surface area contributed by atoms with Gasteiger partial charge in [-0.1, -0.05) is 17.7 Å². The third kappa shape index (κ3) is 1.93. The standard InChI is InChI=1S/C15H13N3O2/c1-9-3-4-10(2)11(7-9)13-5-6-16-14-8-12(15(19)20)17-18(13)14/h3-8H,1-2H3,(H,19,20). The van der Waals surface area contributed by atoms with E-state index in [-0.39, 0.29) is 5.69 Å². The van der Waals surface area contributed by atoms with Crippen LogP contribution in [0.3, 0.4) is 0 Å². The molecule has 0 saturated heterocycles. The number of hydrogen-bond donors (Lipinski definition) is 1. The van der Waals surface area contributed by atoms with Gasteiger partial charge in [0.2, 0.25) is 0 Å². The van der Waals surface area contributed by atoms with Gasteiger partial charge in [0.1, 0.15) is 0 Å². The van der Waals surface area contributed by atoms with Gasteiger partial charge in [-0.2, -0.15) is 5.10 Å². The van der Waals surface area contributed by atoms with E-state index >= 15 is 0 Å². The van der Waals surface area contributed by atoms with Gasteiger partial charge in [-0.3, -0.25) is 0 Å². The van der Waals surface area contributed by atoms with Crippen LogP contribution in [0, 0.1) is 13.8 Å². The van der Waals surface area contributed by atoms with Crippen molar-refractivity contribution in [1.82, 2.24) is 14.6 Å². The van der Waals surface area contributed by atoms with Crippen molar-refractivity contribution in [3.05, 3.63) is 53.3 Å². The number of benzene rings is 1. The molecule has 0 aliphatic heterocycles. The third-order valence-electron chi connectivity index (χ3n) is 3.25. The maximum absolute atomic E-state index is 11.0. The SMILES string of the molecule is Cc1ccc(C)c(-c2ccnc3cc(C(=O)O)nn23)c1. The maximum Gasteiger partial charge on any atom is 0.356 e. The zero-order valence-electron chi connectivity index (χ0n) is 11.2. The summed E-state index contributed by atoms with van der Waals surface area (Å²) >= 11 is 0. The molecule has 0 radical (unpaired) electrons. The van der Waals surface area contributed by atoms with Crippen LogP contribution in [-0.4, -0.2) is 25.7 Å². The topological polar surface area (TPSA) is 67.5 Å². The molecule has 20 heavy (non-hydrogen) atoms. The molecule has 1 N–H and O–H groups in total. The van der Waals surface area contributed by atoms with Gasteiger partial charge >= 0.3 is 5.97 Å². The Morgan fingerprint density at radius 3 is 2.75 bits per heavy atom. The van der Waals surface area contributed by atoms with Gasteiger partial charge < -0.3 is 5.11 Å². The summed E-state index contributed by atoms with van der Waals surface area (Å²) in [5.41, 5.74) is 4.63. The first-order chi connectivity index (χ1) is 9.56. The summed E-state index contributed by atoms with van der Waals surface area (Å²) in [6.45, 7) is 4.04. The summed E-state index contributed by atoms with van der Waals surface area (Å²) in [5.74, 6) is -1.05. The number of aryl methyl sites for hydroxylation is 2. The largest absolute Gasteiger partial charge is 0.476 e. The van der Waals surface area contributed by atoms with Crippen molar-refractivity contribution in [2.75, 3.05) is 0 Å². The van der Waals surface area contributed by atoms with Crippen LogP contribution < -0.4 is 0 Å². The van der Waals surface area contributed by atoms with Crippen LogP contribution in [0.4, 0.5) is 0 Å². The van der Waals surface area contributed by atoms with Gasteiger partial charge in [0.25, 0.3) is 0 Å². The second-order valence-electron chi connectivity index (χ2n) is 4.75. The molecule has 0 spiro atoms. The quantitative estimate of drug-likeness (QED) is 0.775. The highest BCUT2D eigenvalue weighted by Crippen LogP contribution is 2.24. The van der Waals surface area contributed by atoms with Gasteiger partial charge in [0.05, 0.1) is 5.69 Å². The minimum absolute atomic E-state index is 0.00439. The first-order valence-electron chi connectivity index (χ1n) is 6.22. The van der Waals surface area contributed by atoms with Crippen molar-refractivity contribution in [2.45, 2.75) is 13.8 Å². The zero-order chi connectivity index (χ0) is 14.3. The molecule has 0 fully saturated rings. The minimum Gasteiger partial charge on any atom is -0.476 e. The van der Waals surface area contributed by atoms with Crippen LogP contribution in [-0.2, 0) is 0 Å². The monoisotopic (exact) mass is 267 g/mol. The predicted molar refractivity (Wildman–Crippen MR) is 74.9 cm³/mol. The van der Waals surface area contributed by atoms with Crippen molar-refractivity contribution in [3.8, 4) is 11.3 Å². The average molecular weight is 267 g/mol. The van der Waals surface area contributed by atoms with Crippen LogP contribution in [0.2, 0.25) is 0 Å². The lowest BCUT2D eigenvalue weighted by molar-refractivity contribution is 0.0690. The summed E-state index contributed by atoms with van der Waals surface area (Å²) in [6.07, 6.45) is 1.67. The van der Waals surface area contributed by atoms with Crippen LogP contribution in [0.5, 0.6) is 0 Å². The van der Waals surface area contributed by atoms with Crippen LogP contribution in [0.1, 0.15) is 21.6 Å². The van der Waals surface area contributed by atoms with E-state index in [0.29, 0.717) is 5.65 Å². The molecule has 100 valence electrons. The Kier molecular flexibility index (Phi) is 2.75. The molecular weight excluding hydrogens is 254 g/mol. The molecule has 0 atom stereocenters. The van der Waals surface area contributed by atoms with Gasteiger partial charge in [-0.05, 0) is 31.5 Å². The normalized spacial score (nSPS) is 10.9. The number of fused-ring (bicyclic) bond motifs is 1. The van der Waals surface area contributed by atoms with E-state index < -0.39 is 5.97 Å². The molecule has 5 heteroatoms. The van der Waals surface area contributed by atoms with Crippen LogP contribution in [0.25, 0.3) is 16.9 Å². The highest BCUT2D eigenvalue weighted by atomic mass is 16.4. The number of carboxylic acid groups (broad SMARTS) is 1. The molecule has 5 nitrogen and oxygen atoms in total. The van der Waals surface area contributed by atoms with Gasteiger partial charge in [0.15, 0.2) is 11.3 Å². The molecule has 3 rings (SSSR count). The second kappa shape index (κ2) is 4.45. The Bertz CT molecular complexity index is 821. The van der Waals surface area contributed by atoms with Gasteiger partial charge in [-0.15, -0.1) is 0 Å². The lowest BCUT2D eigenvalue weighted by Crippen LogP contribution is -2.00. The Hall–Kier alpha value is -2.69. The summed E-state index contributed by atoms with van der Waals surface area (Å²) < 4.78 is 1.57. The molecule has 0 saturated carbocycles. The molecule has 0 aliphatic carbocycles. The number of nitrogens with zero attached hydrogens (tertiary/aromatic N) is 3. The molecule has 2 aromatic heterocycles. The third-order valence-corrected chi connectivity index (χ3v) is 3.25. The number of hydrogen-bond acceptors (Lipinski definition) is 3. The fourth-order valence-electron chi connectivity index (χ4n) is 2.22. The van der Waals surface area contributed by atoms with E-state index in [1.54, 1.807) is 10.7 Å². The lowest BCUT2D eigenvalue weighted by Gasteiger charge is -2.08. The Morgan fingerprint density at radius 1 is 1.20 bits per heavy atom. The fourth-order valence-corrected chi connectivity index (χ4v) is 2.22. The molecule has 1 aromatic carbocycles. The van der Waals surface area contributed by atoms with Crippen molar-refractivity contribution >= 4 is 11.6 Å². The van der Waals surface area contributed by atoms with E-state index in [9.17, 15) is 4.79 Å². The van der Waals surface area contributed by atoms with Crippen LogP contribution in [0.15, 0.2) is 36.5 Å². The summed E-state index contributed by atoms with van der Waals surface area (Å²) in [6, 6.07) is 9.46. The maximum atomic E-state index is 11.0. The summed E-state index contributed by atoms with van der Waals surface area (Å²) in [5, 5.41) is 13.2. The van der Waals surface area contributed by atoms with Gasteiger partial charge in [-0.25, -0.2) is 14.3 Å². The number of aromatic carboxylic acids is 1. The number of carboxylic acids is 1. The average Bonchev–Trinajstić information content (AvgIpc) is 2.85. The highest BCUT2D eigenvalue weighted by Gasteiger charge is 2.13. The summed E-state index contributed by atoms with van der Waals surface area (Å²) in [7, 11) is 0. The Labute approximate surface area is 115 Å². The smallest absolute Gasteiger partial charge is 0.356 e. The molecule has 0 amide bonds. The van der Waals surface area contributed by atoms with Crippen LogP contribution >= 0.6 is 0 Å². The van der Waals surface area contributed by atoms with E-state index in [4.69, 9.17) is 5.11 Å². The van der Waals surface area contributed by atoms with E-state index in [1.807, 2.05) is 32.0 Å². The summed E-state index contributed by atoms with van der Waals surface area (Å²) in [4.78, 5) is 15.2.